The number of hydrogen-bond acceptors (Lipinski definition) is 5. The van der Waals surface area contributed by atoms with Crippen molar-refractivity contribution in [1.29, 1.82) is 0 Å². The Hall–Kier alpha value is -0.680. The Balaban J connectivity index is 1.98. The van der Waals surface area contributed by atoms with Crippen LogP contribution in [0.1, 0.15) is 45.9 Å². The van der Waals surface area contributed by atoms with Crippen molar-refractivity contribution < 1.29 is 4.74 Å². The van der Waals surface area contributed by atoms with Gasteiger partial charge in [-0.15, -0.1) is 0 Å². The molecule has 1 aliphatic carbocycles. The molecule has 1 saturated carbocycles. The average Bonchev–Trinajstić information content (AvgIpc) is 2.74. The van der Waals surface area contributed by atoms with Crippen molar-refractivity contribution in [2.24, 2.45) is 5.73 Å². The topological polar surface area (TPSA) is 61.0 Å². The first kappa shape index (κ1) is 11.8. The molecule has 0 aromatic carbocycles. The quantitative estimate of drug-likeness (QED) is 0.861. The maximum Gasteiger partial charge on any atom is 0.293 e. The van der Waals surface area contributed by atoms with E-state index in [1.54, 1.807) is 0 Å². The van der Waals surface area contributed by atoms with Crippen LogP contribution in [0.2, 0.25) is 0 Å². The summed E-state index contributed by atoms with van der Waals surface area (Å²) in [6.07, 6.45) is 3.25. The van der Waals surface area contributed by atoms with Crippen molar-refractivity contribution >= 4 is 11.5 Å². The third-order valence-electron chi connectivity index (χ3n) is 2.77. The number of ether oxygens (including phenoxy) is 1. The van der Waals surface area contributed by atoms with Crippen LogP contribution in [0.3, 0.4) is 0 Å². The van der Waals surface area contributed by atoms with Gasteiger partial charge in [-0.25, -0.2) is 0 Å². The van der Waals surface area contributed by atoms with Crippen LogP contribution >= 0.6 is 11.5 Å². The van der Waals surface area contributed by atoms with E-state index >= 15 is 0 Å². The third-order valence-corrected chi connectivity index (χ3v) is 3.38. The zero-order chi connectivity index (χ0) is 11.8. The molecule has 2 rings (SSSR count). The van der Waals surface area contributed by atoms with Gasteiger partial charge in [0.05, 0.1) is 0 Å². The first-order valence-corrected chi connectivity index (χ1v) is 6.49. The SMILES string of the molecule is CC(C)(C)c1nsc(OC2CCC(N)C2)n1. The number of rotatable bonds is 2. The summed E-state index contributed by atoms with van der Waals surface area (Å²) in [5, 5.41) is 0.684. The van der Waals surface area contributed by atoms with Gasteiger partial charge in [0.1, 0.15) is 6.10 Å². The number of nitrogens with two attached hydrogens (primary N) is 1. The number of nitrogens with zero attached hydrogens (tertiary/aromatic N) is 2. The fourth-order valence-electron chi connectivity index (χ4n) is 1.79. The lowest BCUT2D eigenvalue weighted by Crippen LogP contribution is -2.19. The zero-order valence-electron chi connectivity index (χ0n) is 10.1. The first-order chi connectivity index (χ1) is 7.45. The summed E-state index contributed by atoms with van der Waals surface area (Å²) in [6.45, 7) is 6.30. The van der Waals surface area contributed by atoms with Crippen molar-refractivity contribution in [2.75, 3.05) is 0 Å². The van der Waals surface area contributed by atoms with E-state index in [0.29, 0.717) is 11.2 Å². The van der Waals surface area contributed by atoms with E-state index in [1.807, 2.05) is 0 Å². The summed E-state index contributed by atoms with van der Waals surface area (Å²) in [4.78, 5) is 4.41. The van der Waals surface area contributed by atoms with E-state index in [2.05, 4.69) is 30.1 Å². The number of hydrogen-bond donors (Lipinski definition) is 1. The molecule has 2 unspecified atom stereocenters. The third kappa shape index (κ3) is 2.71. The highest BCUT2D eigenvalue weighted by molar-refractivity contribution is 7.07. The van der Waals surface area contributed by atoms with Gasteiger partial charge in [0.2, 0.25) is 0 Å². The van der Waals surface area contributed by atoms with Gasteiger partial charge in [0.25, 0.3) is 5.19 Å². The summed E-state index contributed by atoms with van der Waals surface area (Å²) in [6, 6.07) is 0.292. The summed E-state index contributed by atoms with van der Waals surface area (Å²) in [5.74, 6) is 0.856. The fourth-order valence-corrected chi connectivity index (χ4v) is 2.57. The molecule has 2 atom stereocenters. The minimum atomic E-state index is -0.00973. The lowest BCUT2D eigenvalue weighted by atomic mass is 9.96. The molecule has 0 aliphatic heterocycles. The summed E-state index contributed by atoms with van der Waals surface area (Å²) < 4.78 is 10.1. The Labute approximate surface area is 100 Å². The smallest absolute Gasteiger partial charge is 0.293 e. The Morgan fingerprint density at radius 3 is 2.62 bits per heavy atom. The molecule has 16 heavy (non-hydrogen) atoms. The average molecular weight is 241 g/mol. The molecular formula is C11H19N3OS. The molecule has 0 bridgehead atoms. The lowest BCUT2D eigenvalue weighted by molar-refractivity contribution is 0.206. The van der Waals surface area contributed by atoms with Crippen LogP contribution in [0.4, 0.5) is 0 Å². The normalized spacial score (nSPS) is 26.0. The molecule has 1 heterocycles. The predicted molar refractivity (Wildman–Crippen MR) is 64.9 cm³/mol. The Morgan fingerprint density at radius 1 is 1.38 bits per heavy atom. The molecule has 2 N–H and O–H groups in total. The summed E-state index contributed by atoms with van der Waals surface area (Å²) in [7, 11) is 0. The van der Waals surface area contributed by atoms with Gasteiger partial charge < -0.3 is 10.5 Å². The van der Waals surface area contributed by atoms with Crippen molar-refractivity contribution in [3.8, 4) is 5.19 Å². The molecule has 0 spiro atoms. The van der Waals surface area contributed by atoms with Gasteiger partial charge in [-0.05, 0) is 19.3 Å². The molecule has 5 heteroatoms. The van der Waals surface area contributed by atoms with E-state index in [4.69, 9.17) is 10.5 Å². The van der Waals surface area contributed by atoms with E-state index < -0.39 is 0 Å². The molecule has 0 saturated heterocycles. The largest absolute Gasteiger partial charge is 0.466 e. The van der Waals surface area contributed by atoms with Crippen molar-refractivity contribution in [2.45, 2.75) is 57.6 Å². The standard InChI is InChI=1S/C11H19N3OS/c1-11(2,3)9-13-10(16-14-9)15-8-5-4-7(12)6-8/h7-8H,4-6,12H2,1-3H3. The van der Waals surface area contributed by atoms with E-state index in [1.165, 1.54) is 11.5 Å². The summed E-state index contributed by atoms with van der Waals surface area (Å²) in [5.41, 5.74) is 5.83. The second-order valence-electron chi connectivity index (χ2n) is 5.45. The lowest BCUT2D eigenvalue weighted by Gasteiger charge is -2.12. The van der Waals surface area contributed by atoms with Gasteiger partial charge >= 0.3 is 0 Å². The van der Waals surface area contributed by atoms with Gasteiger partial charge in [0.15, 0.2) is 5.82 Å². The fraction of sp³-hybridized carbons (Fsp3) is 0.818. The van der Waals surface area contributed by atoms with Crippen LogP contribution in [0, 0.1) is 0 Å². The molecule has 1 aromatic heterocycles. The molecule has 1 aliphatic rings. The van der Waals surface area contributed by atoms with Gasteiger partial charge in [-0.2, -0.15) is 9.36 Å². The Morgan fingerprint density at radius 2 is 2.12 bits per heavy atom. The number of aromatic nitrogens is 2. The highest BCUT2D eigenvalue weighted by atomic mass is 32.1. The van der Waals surface area contributed by atoms with Crippen LogP contribution in [0.25, 0.3) is 0 Å². The van der Waals surface area contributed by atoms with E-state index in [-0.39, 0.29) is 11.5 Å². The minimum absolute atomic E-state index is 0.00973. The maximum absolute atomic E-state index is 5.84. The molecule has 0 amide bonds. The van der Waals surface area contributed by atoms with Crippen LogP contribution in [-0.2, 0) is 5.41 Å². The second-order valence-corrected chi connectivity index (χ2v) is 6.16. The van der Waals surface area contributed by atoms with Crippen LogP contribution in [0.5, 0.6) is 5.19 Å². The molecule has 1 fully saturated rings. The van der Waals surface area contributed by atoms with Crippen LogP contribution < -0.4 is 10.5 Å². The van der Waals surface area contributed by atoms with Crippen LogP contribution in [-0.4, -0.2) is 21.5 Å². The van der Waals surface area contributed by atoms with Gasteiger partial charge in [-0.1, -0.05) is 20.8 Å². The highest BCUT2D eigenvalue weighted by Crippen LogP contribution is 2.28. The Kier molecular flexibility index (Phi) is 3.17. The molecule has 4 nitrogen and oxygen atoms in total. The molecule has 1 aromatic rings. The first-order valence-electron chi connectivity index (χ1n) is 5.71. The Bertz CT molecular complexity index is 358. The zero-order valence-corrected chi connectivity index (χ0v) is 10.9. The monoisotopic (exact) mass is 241 g/mol. The predicted octanol–water partition coefficient (Wildman–Crippen LogP) is 2.09. The van der Waals surface area contributed by atoms with Crippen molar-refractivity contribution in [1.82, 2.24) is 9.36 Å². The molecule has 0 radical (unpaired) electrons. The molecule has 90 valence electrons. The minimum Gasteiger partial charge on any atom is -0.466 e. The van der Waals surface area contributed by atoms with Gasteiger partial charge in [-0.3, -0.25) is 0 Å². The van der Waals surface area contributed by atoms with E-state index in [0.717, 1.165) is 25.1 Å². The molecular weight excluding hydrogens is 222 g/mol. The van der Waals surface area contributed by atoms with Crippen LogP contribution in [0.15, 0.2) is 0 Å². The highest BCUT2D eigenvalue weighted by Gasteiger charge is 2.26. The maximum atomic E-state index is 5.84. The van der Waals surface area contributed by atoms with Crippen molar-refractivity contribution in [3.05, 3.63) is 5.82 Å². The van der Waals surface area contributed by atoms with Crippen molar-refractivity contribution in [3.63, 3.8) is 0 Å². The van der Waals surface area contributed by atoms with E-state index in [9.17, 15) is 0 Å². The van der Waals surface area contributed by atoms with Gasteiger partial charge in [0, 0.05) is 23.0 Å². The second kappa shape index (κ2) is 4.30. The summed E-state index contributed by atoms with van der Waals surface area (Å²) >= 11 is 1.34.